The third-order valence-electron chi connectivity index (χ3n) is 3.27. The zero-order valence-electron chi connectivity index (χ0n) is 12.9. The molecular formula is C14H19F2N3O3S. The molecule has 1 aliphatic rings. The predicted molar refractivity (Wildman–Crippen MR) is 82.2 cm³/mol. The SMILES string of the molecule is CCOC(=O)c1nc(CC(C)(F)F)sc1NC(=O)NC1CCC1. The van der Waals surface area contributed by atoms with Crippen LogP contribution in [0, 0.1) is 0 Å². The number of ether oxygens (including phenoxy) is 1. The Morgan fingerprint density at radius 1 is 1.43 bits per heavy atom. The third kappa shape index (κ3) is 5.12. The first-order chi connectivity index (χ1) is 10.8. The minimum absolute atomic E-state index is 0.0690. The van der Waals surface area contributed by atoms with E-state index in [0.717, 1.165) is 37.5 Å². The number of nitrogens with one attached hydrogen (secondary N) is 2. The lowest BCUT2D eigenvalue weighted by molar-refractivity contribution is 0.0223. The fraction of sp³-hybridized carbons (Fsp3) is 0.643. The number of hydrogen-bond acceptors (Lipinski definition) is 5. The lowest BCUT2D eigenvalue weighted by Crippen LogP contribution is -2.41. The molecule has 0 spiro atoms. The van der Waals surface area contributed by atoms with Crippen molar-refractivity contribution in [1.29, 1.82) is 0 Å². The van der Waals surface area contributed by atoms with Gasteiger partial charge in [-0.1, -0.05) is 0 Å². The lowest BCUT2D eigenvalue weighted by atomic mass is 9.93. The molecule has 0 unspecified atom stereocenters. The third-order valence-corrected chi connectivity index (χ3v) is 4.24. The Morgan fingerprint density at radius 3 is 2.65 bits per heavy atom. The van der Waals surface area contributed by atoms with Gasteiger partial charge in [-0.3, -0.25) is 5.32 Å². The van der Waals surface area contributed by atoms with Crippen molar-refractivity contribution < 1.29 is 23.1 Å². The molecule has 128 valence electrons. The zero-order valence-corrected chi connectivity index (χ0v) is 13.8. The quantitative estimate of drug-likeness (QED) is 0.775. The van der Waals surface area contributed by atoms with Gasteiger partial charge < -0.3 is 10.1 Å². The topological polar surface area (TPSA) is 80.3 Å². The summed E-state index contributed by atoms with van der Waals surface area (Å²) in [5.74, 6) is -3.69. The van der Waals surface area contributed by atoms with Crippen LogP contribution >= 0.6 is 11.3 Å². The number of thiazole rings is 1. The van der Waals surface area contributed by atoms with E-state index in [1.54, 1.807) is 6.92 Å². The van der Waals surface area contributed by atoms with Crippen LogP contribution in [0.2, 0.25) is 0 Å². The van der Waals surface area contributed by atoms with Crippen molar-refractivity contribution in [3.63, 3.8) is 0 Å². The van der Waals surface area contributed by atoms with Crippen LogP contribution in [0.1, 0.15) is 48.6 Å². The van der Waals surface area contributed by atoms with Gasteiger partial charge in [0.1, 0.15) is 10.0 Å². The highest BCUT2D eigenvalue weighted by Gasteiger charge is 2.28. The average Bonchev–Trinajstić information content (AvgIpc) is 2.74. The maximum Gasteiger partial charge on any atom is 0.360 e. The van der Waals surface area contributed by atoms with Gasteiger partial charge >= 0.3 is 12.0 Å². The summed E-state index contributed by atoms with van der Waals surface area (Å²) < 4.78 is 31.1. The number of nitrogens with zero attached hydrogens (tertiary/aromatic N) is 1. The van der Waals surface area contributed by atoms with Crippen LogP contribution < -0.4 is 10.6 Å². The van der Waals surface area contributed by atoms with Crippen LogP contribution in [0.15, 0.2) is 0 Å². The first-order valence-corrected chi connectivity index (χ1v) is 8.22. The van der Waals surface area contributed by atoms with Crippen molar-refractivity contribution >= 4 is 28.3 Å². The van der Waals surface area contributed by atoms with E-state index in [4.69, 9.17) is 4.74 Å². The van der Waals surface area contributed by atoms with Gasteiger partial charge in [-0.2, -0.15) is 0 Å². The summed E-state index contributed by atoms with van der Waals surface area (Å²) >= 11 is 0.858. The number of anilines is 1. The molecule has 1 aromatic rings. The van der Waals surface area contributed by atoms with Crippen molar-refractivity contribution in [2.75, 3.05) is 11.9 Å². The normalized spacial score (nSPS) is 15.0. The highest BCUT2D eigenvalue weighted by molar-refractivity contribution is 7.16. The van der Waals surface area contributed by atoms with Gasteiger partial charge in [0.05, 0.1) is 13.0 Å². The summed E-state index contributed by atoms with van der Waals surface area (Å²) in [5, 5.41) is 5.46. The van der Waals surface area contributed by atoms with Crippen LogP contribution in [0.5, 0.6) is 0 Å². The van der Waals surface area contributed by atoms with Crippen LogP contribution in [0.25, 0.3) is 0 Å². The molecule has 1 aromatic heterocycles. The number of esters is 1. The smallest absolute Gasteiger partial charge is 0.360 e. The largest absolute Gasteiger partial charge is 0.461 e. The van der Waals surface area contributed by atoms with Gasteiger partial charge in [-0.05, 0) is 33.1 Å². The molecule has 0 atom stereocenters. The maximum atomic E-state index is 13.1. The Bertz CT molecular complexity index is 582. The Labute approximate surface area is 136 Å². The number of carbonyl (C=O) groups is 2. The van der Waals surface area contributed by atoms with Crippen molar-refractivity contribution in [2.24, 2.45) is 0 Å². The van der Waals surface area contributed by atoms with Crippen LogP contribution in [0.3, 0.4) is 0 Å². The zero-order chi connectivity index (χ0) is 17.0. The van der Waals surface area contributed by atoms with Crippen molar-refractivity contribution in [1.82, 2.24) is 10.3 Å². The lowest BCUT2D eigenvalue weighted by Gasteiger charge is -2.26. The number of alkyl halides is 2. The number of amides is 2. The molecular weight excluding hydrogens is 328 g/mol. The van der Waals surface area contributed by atoms with Crippen LogP contribution in [-0.2, 0) is 11.2 Å². The summed E-state index contributed by atoms with van der Waals surface area (Å²) in [5.41, 5.74) is -0.139. The number of rotatable bonds is 6. The molecule has 2 rings (SSSR count). The van der Waals surface area contributed by atoms with E-state index in [-0.39, 0.29) is 28.4 Å². The van der Waals surface area contributed by atoms with Crippen molar-refractivity contribution in [3.05, 3.63) is 10.7 Å². The molecule has 6 nitrogen and oxygen atoms in total. The second kappa shape index (κ2) is 7.20. The first kappa shape index (κ1) is 17.6. The molecule has 0 aliphatic heterocycles. The number of urea groups is 1. The number of aromatic nitrogens is 1. The Kier molecular flexibility index (Phi) is 5.51. The van der Waals surface area contributed by atoms with Gasteiger partial charge in [0, 0.05) is 6.04 Å². The number of hydrogen-bond donors (Lipinski definition) is 2. The molecule has 0 aromatic carbocycles. The van der Waals surface area contributed by atoms with Crippen molar-refractivity contribution in [2.45, 2.75) is 51.5 Å². The summed E-state index contributed by atoms with van der Waals surface area (Å²) in [4.78, 5) is 27.7. The van der Waals surface area contributed by atoms with E-state index in [2.05, 4.69) is 15.6 Å². The number of carbonyl (C=O) groups excluding carboxylic acids is 2. The van der Waals surface area contributed by atoms with Gasteiger partial charge in [-0.25, -0.2) is 23.4 Å². The molecule has 1 heterocycles. The van der Waals surface area contributed by atoms with E-state index in [1.807, 2.05) is 0 Å². The van der Waals surface area contributed by atoms with E-state index < -0.39 is 24.3 Å². The molecule has 9 heteroatoms. The van der Waals surface area contributed by atoms with E-state index >= 15 is 0 Å². The molecule has 1 saturated carbocycles. The standard InChI is InChI=1S/C14H19F2N3O3S/c1-3-22-12(20)10-11(19-13(21)17-8-5-4-6-8)23-9(18-10)7-14(2,15)16/h8H,3-7H2,1-2H3,(H2,17,19,21). The molecule has 0 radical (unpaired) electrons. The first-order valence-electron chi connectivity index (χ1n) is 7.40. The second-order valence-corrected chi connectivity index (χ2v) is 6.56. The van der Waals surface area contributed by atoms with Crippen LogP contribution in [-0.4, -0.2) is 35.6 Å². The minimum atomic E-state index is -2.95. The van der Waals surface area contributed by atoms with Gasteiger partial charge in [0.25, 0.3) is 5.92 Å². The molecule has 1 aliphatic carbocycles. The van der Waals surface area contributed by atoms with Gasteiger partial charge in [0.2, 0.25) is 0 Å². The Morgan fingerprint density at radius 2 is 2.13 bits per heavy atom. The molecule has 2 N–H and O–H groups in total. The van der Waals surface area contributed by atoms with Gasteiger partial charge in [0.15, 0.2) is 5.69 Å². The monoisotopic (exact) mass is 347 g/mol. The highest BCUT2D eigenvalue weighted by Crippen LogP contribution is 2.30. The van der Waals surface area contributed by atoms with Gasteiger partial charge in [-0.15, -0.1) is 11.3 Å². The van der Waals surface area contributed by atoms with E-state index in [1.165, 1.54) is 0 Å². The van der Waals surface area contributed by atoms with Crippen molar-refractivity contribution in [3.8, 4) is 0 Å². The predicted octanol–water partition coefficient (Wildman–Crippen LogP) is 3.19. The fourth-order valence-corrected chi connectivity index (χ4v) is 3.07. The number of halogens is 2. The summed E-state index contributed by atoms with van der Waals surface area (Å²) in [6, 6.07) is -0.355. The second-order valence-electron chi connectivity index (χ2n) is 5.48. The molecule has 0 bridgehead atoms. The molecule has 0 saturated heterocycles. The van der Waals surface area contributed by atoms with Crippen LogP contribution in [0.4, 0.5) is 18.6 Å². The Balaban J connectivity index is 2.13. The minimum Gasteiger partial charge on any atom is -0.461 e. The molecule has 1 fully saturated rings. The summed E-state index contributed by atoms with van der Waals surface area (Å²) in [6.07, 6.45) is 2.29. The maximum absolute atomic E-state index is 13.1. The fourth-order valence-electron chi connectivity index (χ4n) is 2.01. The highest BCUT2D eigenvalue weighted by atomic mass is 32.1. The summed E-state index contributed by atoms with van der Waals surface area (Å²) in [7, 11) is 0. The molecule has 23 heavy (non-hydrogen) atoms. The average molecular weight is 347 g/mol. The molecule has 2 amide bonds. The Hall–Kier alpha value is -1.77. The summed E-state index contributed by atoms with van der Waals surface area (Å²) in [6.45, 7) is 2.53. The van der Waals surface area contributed by atoms with E-state index in [0.29, 0.717) is 0 Å². The van der Waals surface area contributed by atoms with E-state index in [9.17, 15) is 18.4 Å².